The number of unbranched alkanes of at least 4 members (excludes halogenated alkanes) is 1. The van der Waals surface area contributed by atoms with Gasteiger partial charge in [0.1, 0.15) is 31.8 Å². The minimum Gasteiger partial charge on any atom is -0.470 e. The fourth-order valence-corrected chi connectivity index (χ4v) is 4.13. The summed E-state index contributed by atoms with van der Waals surface area (Å²) in [5.41, 5.74) is 8.09. The molecule has 238 valence electrons. The monoisotopic (exact) mass is 623 g/mol. The number of nitrogens with zero attached hydrogens (tertiary/aromatic N) is 6. The Kier molecular flexibility index (Phi) is 16.1. The lowest BCUT2D eigenvalue weighted by Gasteiger charge is -2.28. The minimum atomic E-state index is -1.08. The fraction of sp³-hybridized carbons (Fsp3) is 0.741. The van der Waals surface area contributed by atoms with Crippen molar-refractivity contribution >= 4 is 35.5 Å². The third-order valence-electron chi connectivity index (χ3n) is 5.93. The van der Waals surface area contributed by atoms with Gasteiger partial charge in [0.2, 0.25) is 5.82 Å². The summed E-state index contributed by atoms with van der Waals surface area (Å²) in [6.45, 7) is 7.99. The van der Waals surface area contributed by atoms with Crippen molar-refractivity contribution in [3.8, 4) is 18.2 Å². The van der Waals surface area contributed by atoms with E-state index in [2.05, 4.69) is 30.0 Å². The summed E-state index contributed by atoms with van der Waals surface area (Å²) in [6, 6.07) is 0. The van der Waals surface area contributed by atoms with Gasteiger partial charge >= 0.3 is 17.9 Å². The molecule has 2 rings (SSSR count). The standard InChI is InChI=1S/C27H41N7O8S/c1-5-6-7-9-22(35)39-17-20(18-40-23(36)10-8-11-30-33-28)26(37)42-21(16-29-27(2,3)4)19-41-25-24(31-43-32-25)34-12-14-38-15-13-34/h1,20-21,29H,6-19H2,2-4H3/t20?,21-/m0/s1. The number of hydrogen-bond donors (Lipinski definition) is 1. The maximum absolute atomic E-state index is 13.3. The van der Waals surface area contributed by atoms with Gasteiger partial charge in [-0.1, -0.05) is 5.11 Å². The van der Waals surface area contributed by atoms with Crippen LogP contribution >= 0.6 is 11.7 Å². The van der Waals surface area contributed by atoms with Crippen molar-refractivity contribution in [3.63, 3.8) is 0 Å². The summed E-state index contributed by atoms with van der Waals surface area (Å²) in [7, 11) is 0. The van der Waals surface area contributed by atoms with Crippen LogP contribution in [0.4, 0.5) is 5.82 Å². The van der Waals surface area contributed by atoms with Crippen LogP contribution in [0.5, 0.6) is 5.88 Å². The molecule has 1 saturated heterocycles. The number of anilines is 1. The Hall–Kier alpha value is -3.64. The second-order valence-corrected chi connectivity index (χ2v) is 11.2. The molecule has 2 atom stereocenters. The van der Waals surface area contributed by atoms with Crippen LogP contribution in [0.1, 0.15) is 52.9 Å². The number of ether oxygens (including phenoxy) is 5. The van der Waals surface area contributed by atoms with E-state index in [9.17, 15) is 14.4 Å². The van der Waals surface area contributed by atoms with Crippen LogP contribution in [0, 0.1) is 18.3 Å². The summed E-state index contributed by atoms with van der Waals surface area (Å²) in [5.74, 6) is 0.447. The summed E-state index contributed by atoms with van der Waals surface area (Å²) in [5, 5.41) is 6.68. The Labute approximate surface area is 255 Å². The lowest BCUT2D eigenvalue weighted by atomic mass is 10.1. The molecule has 0 bridgehead atoms. The molecule has 0 radical (unpaired) electrons. The van der Waals surface area contributed by atoms with E-state index >= 15 is 0 Å². The maximum Gasteiger partial charge on any atom is 0.316 e. The molecule has 1 aliphatic rings. The summed E-state index contributed by atoms with van der Waals surface area (Å²) >= 11 is 1.02. The topological polar surface area (TPSA) is 187 Å². The zero-order valence-corrected chi connectivity index (χ0v) is 25.8. The molecule has 1 N–H and O–H groups in total. The van der Waals surface area contributed by atoms with Crippen LogP contribution in [-0.4, -0.2) is 97.5 Å². The lowest BCUT2D eigenvalue weighted by molar-refractivity contribution is -0.165. The number of morpholine rings is 1. The van der Waals surface area contributed by atoms with Crippen molar-refractivity contribution in [2.45, 2.75) is 64.5 Å². The number of aromatic nitrogens is 2. The number of carbonyl (C=O) groups is 3. The average Bonchev–Trinajstić information content (AvgIpc) is 3.45. The highest BCUT2D eigenvalue weighted by molar-refractivity contribution is 6.99. The van der Waals surface area contributed by atoms with Crippen LogP contribution in [0.25, 0.3) is 10.4 Å². The predicted octanol–water partition coefficient (Wildman–Crippen LogP) is 2.65. The lowest BCUT2D eigenvalue weighted by Crippen LogP contribution is -2.45. The van der Waals surface area contributed by atoms with Crippen LogP contribution < -0.4 is 15.0 Å². The van der Waals surface area contributed by atoms with Gasteiger partial charge in [-0.3, -0.25) is 14.4 Å². The predicted molar refractivity (Wildman–Crippen MR) is 157 cm³/mol. The first-order valence-corrected chi connectivity index (χ1v) is 14.8. The molecule has 43 heavy (non-hydrogen) atoms. The number of hydrogen-bond acceptors (Lipinski definition) is 14. The van der Waals surface area contributed by atoms with Gasteiger partial charge in [0, 0.05) is 55.9 Å². The van der Waals surface area contributed by atoms with E-state index in [-0.39, 0.29) is 57.7 Å². The van der Waals surface area contributed by atoms with Crippen molar-refractivity contribution in [1.29, 1.82) is 0 Å². The number of carbonyl (C=O) groups excluding carboxylic acids is 3. The number of terminal acetylenes is 1. The highest BCUT2D eigenvalue weighted by Crippen LogP contribution is 2.26. The van der Waals surface area contributed by atoms with Gasteiger partial charge in [-0.25, -0.2) is 0 Å². The fourth-order valence-electron chi connectivity index (χ4n) is 3.61. The normalized spacial score (nSPS) is 14.5. The molecule has 1 aliphatic heterocycles. The van der Waals surface area contributed by atoms with E-state index in [0.717, 1.165) is 11.7 Å². The molecule has 0 spiro atoms. The highest BCUT2D eigenvalue weighted by Gasteiger charge is 2.29. The summed E-state index contributed by atoms with van der Waals surface area (Å²) in [4.78, 5) is 42.3. The van der Waals surface area contributed by atoms with Crippen LogP contribution in [0.15, 0.2) is 5.11 Å². The van der Waals surface area contributed by atoms with Gasteiger partial charge < -0.3 is 33.9 Å². The molecule has 0 aromatic carbocycles. The molecular weight excluding hydrogens is 582 g/mol. The number of rotatable bonds is 19. The van der Waals surface area contributed by atoms with E-state index in [4.69, 9.17) is 35.6 Å². The molecule has 0 aliphatic carbocycles. The zero-order chi connectivity index (χ0) is 31.5. The SMILES string of the molecule is C#CCCCC(=O)OCC(COC(=O)CCCN=[N+]=[N-])C(=O)O[C@@H](CNC(C)(C)C)COc1nsnc1N1CCOCC1. The molecule has 16 heteroatoms. The number of nitrogens with one attached hydrogen (secondary N) is 1. The van der Waals surface area contributed by atoms with Crippen molar-refractivity contribution in [1.82, 2.24) is 14.1 Å². The van der Waals surface area contributed by atoms with Gasteiger partial charge in [-0.2, -0.15) is 4.37 Å². The smallest absolute Gasteiger partial charge is 0.316 e. The van der Waals surface area contributed by atoms with Crippen molar-refractivity contribution in [3.05, 3.63) is 10.4 Å². The van der Waals surface area contributed by atoms with Gasteiger partial charge in [0.05, 0.1) is 24.9 Å². The average molecular weight is 624 g/mol. The minimum absolute atomic E-state index is 0.00815. The number of esters is 3. The Morgan fingerprint density at radius 3 is 2.44 bits per heavy atom. The molecule has 1 aromatic rings. The molecule has 1 aromatic heterocycles. The van der Waals surface area contributed by atoms with Gasteiger partial charge in [-0.15, -0.1) is 16.7 Å². The maximum atomic E-state index is 13.3. The van der Waals surface area contributed by atoms with Crippen molar-refractivity contribution in [2.75, 3.05) is 64.1 Å². The van der Waals surface area contributed by atoms with Crippen LogP contribution in [-0.2, 0) is 33.3 Å². The van der Waals surface area contributed by atoms with E-state index in [1.165, 1.54) is 0 Å². The van der Waals surface area contributed by atoms with Gasteiger partial charge in [0.15, 0.2) is 0 Å². The Morgan fingerprint density at radius 2 is 1.81 bits per heavy atom. The first kappa shape index (κ1) is 35.6. The number of azide groups is 1. The van der Waals surface area contributed by atoms with E-state index in [1.54, 1.807) is 0 Å². The Bertz CT molecular complexity index is 1110. The highest BCUT2D eigenvalue weighted by atomic mass is 32.1. The van der Waals surface area contributed by atoms with Crippen molar-refractivity contribution in [2.24, 2.45) is 11.0 Å². The first-order chi connectivity index (χ1) is 20.6. The molecule has 1 fully saturated rings. The second kappa shape index (κ2) is 19.5. The largest absolute Gasteiger partial charge is 0.470 e. The molecule has 15 nitrogen and oxygen atoms in total. The molecule has 2 heterocycles. The third kappa shape index (κ3) is 14.9. The van der Waals surface area contributed by atoms with Crippen LogP contribution in [0.2, 0.25) is 0 Å². The molecule has 0 saturated carbocycles. The van der Waals surface area contributed by atoms with E-state index in [0.29, 0.717) is 50.8 Å². The Balaban J connectivity index is 2.07. The molecule has 0 amide bonds. The summed E-state index contributed by atoms with van der Waals surface area (Å²) in [6.07, 6.45) is 5.70. The summed E-state index contributed by atoms with van der Waals surface area (Å²) < 4.78 is 36.3. The molecular formula is C27H41N7O8S. The third-order valence-corrected chi connectivity index (χ3v) is 6.43. The van der Waals surface area contributed by atoms with E-state index < -0.39 is 29.9 Å². The van der Waals surface area contributed by atoms with Crippen LogP contribution in [0.3, 0.4) is 0 Å². The Morgan fingerprint density at radius 1 is 1.14 bits per heavy atom. The quantitative estimate of drug-likeness (QED) is 0.0452. The van der Waals surface area contributed by atoms with Crippen molar-refractivity contribution < 1.29 is 38.1 Å². The van der Waals surface area contributed by atoms with E-state index in [1.807, 2.05) is 25.7 Å². The zero-order valence-electron chi connectivity index (χ0n) is 25.0. The first-order valence-electron chi connectivity index (χ1n) is 14.1. The van der Waals surface area contributed by atoms with Gasteiger partial charge in [-0.05, 0) is 39.1 Å². The molecule has 1 unspecified atom stereocenters. The second-order valence-electron chi connectivity index (χ2n) is 10.7. The van der Waals surface area contributed by atoms with Gasteiger partial charge in [0.25, 0.3) is 5.88 Å².